The molecule has 0 amide bonds. The van der Waals surface area contributed by atoms with Crippen LogP contribution in [0.4, 0.5) is 0 Å². The lowest BCUT2D eigenvalue weighted by Gasteiger charge is -2.30. The van der Waals surface area contributed by atoms with Crippen molar-refractivity contribution in [2.24, 2.45) is 11.8 Å². The highest BCUT2D eigenvalue weighted by atomic mass is 16.5. The first-order valence-electron chi connectivity index (χ1n) is 14.4. The van der Waals surface area contributed by atoms with Gasteiger partial charge in [-0.3, -0.25) is 0 Å². The molecule has 1 aromatic carbocycles. The zero-order valence-corrected chi connectivity index (χ0v) is 21.4. The maximum Gasteiger partial charge on any atom is 0.0991 e. The SMILES string of the molecule is CCCCCCCCC[C@H]1CC[C@H](CCCO[C@H]2CC[C@H](c3ccc(C#N)cc3)CC2)CC1. The lowest BCUT2D eigenvalue weighted by Crippen LogP contribution is -2.21. The number of nitriles is 1. The van der Waals surface area contributed by atoms with Gasteiger partial charge in [0.1, 0.15) is 0 Å². The fourth-order valence-electron chi connectivity index (χ4n) is 6.21. The van der Waals surface area contributed by atoms with Gasteiger partial charge in [-0.25, -0.2) is 0 Å². The van der Waals surface area contributed by atoms with Crippen LogP contribution in [0.1, 0.15) is 140 Å². The molecule has 33 heavy (non-hydrogen) atoms. The smallest absolute Gasteiger partial charge is 0.0991 e. The van der Waals surface area contributed by atoms with Crippen molar-refractivity contribution >= 4 is 0 Å². The number of rotatable bonds is 14. The van der Waals surface area contributed by atoms with Crippen LogP contribution in [0, 0.1) is 23.2 Å². The van der Waals surface area contributed by atoms with Crippen LogP contribution < -0.4 is 0 Å². The molecule has 0 heterocycles. The van der Waals surface area contributed by atoms with Crippen molar-refractivity contribution in [3.63, 3.8) is 0 Å². The first-order valence-corrected chi connectivity index (χ1v) is 14.4. The standard InChI is InChI=1S/C31H49NO/c1-2-3-4-5-6-7-8-10-26-12-14-27(15-13-26)11-9-24-33-31-22-20-30(21-23-31)29-18-16-28(25-32)17-19-29/h16-19,26-27,30-31H,2-15,20-24H2,1H3/t26-,27-,30-,31-. The quantitative estimate of drug-likeness (QED) is 0.264. The molecule has 184 valence electrons. The van der Waals surface area contributed by atoms with E-state index in [4.69, 9.17) is 10.00 Å². The summed E-state index contributed by atoms with van der Waals surface area (Å²) in [6.07, 6.45) is 25.4. The molecule has 0 spiro atoms. The summed E-state index contributed by atoms with van der Waals surface area (Å²) in [6, 6.07) is 10.4. The van der Waals surface area contributed by atoms with Crippen LogP contribution in [0.15, 0.2) is 24.3 Å². The van der Waals surface area contributed by atoms with E-state index in [0.29, 0.717) is 12.0 Å². The van der Waals surface area contributed by atoms with Gasteiger partial charge < -0.3 is 4.74 Å². The molecule has 0 radical (unpaired) electrons. The maximum absolute atomic E-state index is 8.97. The van der Waals surface area contributed by atoms with E-state index in [0.717, 1.165) is 24.0 Å². The summed E-state index contributed by atoms with van der Waals surface area (Å²) < 4.78 is 6.27. The predicted octanol–water partition coefficient (Wildman–Crippen LogP) is 9.33. The Balaban J connectivity index is 1.17. The van der Waals surface area contributed by atoms with Gasteiger partial charge in [0.25, 0.3) is 0 Å². The molecule has 0 unspecified atom stereocenters. The van der Waals surface area contributed by atoms with Gasteiger partial charge in [0.15, 0.2) is 0 Å². The van der Waals surface area contributed by atoms with Crippen LogP contribution in [-0.2, 0) is 4.74 Å². The molecular weight excluding hydrogens is 402 g/mol. The number of benzene rings is 1. The lowest BCUT2D eigenvalue weighted by atomic mass is 9.78. The molecule has 2 aliphatic rings. The summed E-state index contributed by atoms with van der Waals surface area (Å²) in [5, 5.41) is 8.97. The number of ether oxygens (including phenoxy) is 1. The predicted molar refractivity (Wildman–Crippen MR) is 139 cm³/mol. The minimum atomic E-state index is 0.470. The average molecular weight is 452 g/mol. The third-order valence-electron chi connectivity index (χ3n) is 8.48. The Labute approximate surface area is 204 Å². The number of hydrogen-bond acceptors (Lipinski definition) is 2. The fraction of sp³-hybridized carbons (Fsp3) is 0.774. The van der Waals surface area contributed by atoms with E-state index >= 15 is 0 Å². The second-order valence-corrected chi connectivity index (χ2v) is 11.0. The van der Waals surface area contributed by atoms with Gasteiger partial charge >= 0.3 is 0 Å². The molecule has 0 aromatic heterocycles. The third-order valence-corrected chi connectivity index (χ3v) is 8.48. The molecular formula is C31H49NO. The Bertz CT molecular complexity index is 659. The first-order chi connectivity index (χ1) is 16.3. The Morgan fingerprint density at radius 2 is 1.30 bits per heavy atom. The van der Waals surface area contributed by atoms with Gasteiger partial charge in [-0.2, -0.15) is 5.26 Å². The van der Waals surface area contributed by atoms with Crippen molar-refractivity contribution in [2.45, 2.75) is 135 Å². The summed E-state index contributed by atoms with van der Waals surface area (Å²) in [5.41, 5.74) is 2.16. The minimum Gasteiger partial charge on any atom is -0.378 e. The number of hydrogen-bond donors (Lipinski definition) is 0. The normalized spacial score (nSPS) is 25.6. The monoisotopic (exact) mass is 451 g/mol. The van der Waals surface area contributed by atoms with Crippen LogP contribution in [0.5, 0.6) is 0 Å². The average Bonchev–Trinajstić information content (AvgIpc) is 2.87. The van der Waals surface area contributed by atoms with Crippen LogP contribution in [0.3, 0.4) is 0 Å². The fourth-order valence-corrected chi connectivity index (χ4v) is 6.21. The molecule has 0 N–H and O–H groups in total. The van der Waals surface area contributed by atoms with E-state index in [-0.39, 0.29) is 0 Å². The van der Waals surface area contributed by atoms with Crippen molar-refractivity contribution in [3.05, 3.63) is 35.4 Å². The molecule has 3 rings (SSSR count). The largest absolute Gasteiger partial charge is 0.378 e. The second kappa shape index (κ2) is 15.5. The highest BCUT2D eigenvalue weighted by Gasteiger charge is 2.23. The molecule has 0 aliphatic heterocycles. The first kappa shape index (κ1) is 26.3. The summed E-state index contributed by atoms with van der Waals surface area (Å²) in [5.74, 6) is 2.64. The van der Waals surface area contributed by atoms with Crippen molar-refractivity contribution in [1.29, 1.82) is 5.26 Å². The van der Waals surface area contributed by atoms with Gasteiger partial charge in [0.2, 0.25) is 0 Å². The molecule has 2 saturated carbocycles. The Hall–Kier alpha value is -1.33. The number of nitrogens with zero attached hydrogens (tertiary/aromatic N) is 1. The van der Waals surface area contributed by atoms with Gasteiger partial charge in [0, 0.05) is 6.61 Å². The van der Waals surface area contributed by atoms with Crippen molar-refractivity contribution in [1.82, 2.24) is 0 Å². The van der Waals surface area contributed by atoms with Crippen molar-refractivity contribution in [3.8, 4) is 6.07 Å². The molecule has 0 atom stereocenters. The zero-order valence-electron chi connectivity index (χ0n) is 21.4. The van der Waals surface area contributed by atoms with E-state index in [1.807, 2.05) is 12.1 Å². The molecule has 1 aromatic rings. The molecule has 2 aliphatic carbocycles. The maximum atomic E-state index is 8.97. The van der Waals surface area contributed by atoms with E-state index in [2.05, 4.69) is 25.1 Å². The van der Waals surface area contributed by atoms with Crippen molar-refractivity contribution < 1.29 is 4.74 Å². The Morgan fingerprint density at radius 1 is 0.727 bits per heavy atom. The minimum absolute atomic E-state index is 0.470. The van der Waals surface area contributed by atoms with Crippen molar-refractivity contribution in [2.75, 3.05) is 6.61 Å². The second-order valence-electron chi connectivity index (χ2n) is 11.0. The zero-order chi connectivity index (χ0) is 23.1. The molecule has 2 nitrogen and oxygen atoms in total. The van der Waals surface area contributed by atoms with Crippen LogP contribution >= 0.6 is 0 Å². The van der Waals surface area contributed by atoms with Gasteiger partial charge in [-0.1, -0.05) is 96.1 Å². The van der Waals surface area contributed by atoms with E-state index in [9.17, 15) is 0 Å². The summed E-state index contributed by atoms with van der Waals surface area (Å²) in [7, 11) is 0. The van der Waals surface area contributed by atoms with Crippen LogP contribution in [0.25, 0.3) is 0 Å². The molecule has 0 saturated heterocycles. The van der Waals surface area contributed by atoms with E-state index in [1.54, 1.807) is 0 Å². The van der Waals surface area contributed by atoms with E-state index in [1.165, 1.54) is 121 Å². The highest BCUT2D eigenvalue weighted by Crippen LogP contribution is 2.36. The summed E-state index contributed by atoms with van der Waals surface area (Å²) in [4.78, 5) is 0. The van der Waals surface area contributed by atoms with Gasteiger partial charge in [-0.15, -0.1) is 0 Å². The summed E-state index contributed by atoms with van der Waals surface area (Å²) >= 11 is 0. The lowest BCUT2D eigenvalue weighted by molar-refractivity contribution is 0.0204. The summed E-state index contributed by atoms with van der Waals surface area (Å²) in [6.45, 7) is 3.26. The Kier molecular flexibility index (Phi) is 12.4. The number of unbranched alkanes of at least 4 members (excludes halogenated alkanes) is 6. The Morgan fingerprint density at radius 3 is 1.91 bits per heavy atom. The van der Waals surface area contributed by atoms with Crippen LogP contribution in [0.2, 0.25) is 0 Å². The molecule has 2 fully saturated rings. The van der Waals surface area contributed by atoms with Crippen LogP contribution in [-0.4, -0.2) is 12.7 Å². The highest BCUT2D eigenvalue weighted by molar-refractivity contribution is 5.33. The third kappa shape index (κ3) is 9.82. The topological polar surface area (TPSA) is 33.0 Å². The van der Waals surface area contributed by atoms with Gasteiger partial charge in [-0.05, 0) is 74.0 Å². The van der Waals surface area contributed by atoms with Gasteiger partial charge in [0.05, 0.1) is 17.7 Å². The van der Waals surface area contributed by atoms with E-state index < -0.39 is 0 Å². The molecule has 0 bridgehead atoms. The molecule has 2 heteroatoms.